The first-order valence-electron chi connectivity index (χ1n) is 11.4. The molecule has 2 rings (SSSR count). The molecule has 6 heteroatoms. The Morgan fingerprint density at radius 3 is 1.82 bits per heavy atom. The average molecular weight is 459 g/mol. The average Bonchev–Trinajstić information content (AvgIpc) is 2.81. The minimum absolute atomic E-state index is 0.0448. The number of rotatable bonds is 14. The lowest BCUT2D eigenvalue weighted by Gasteiger charge is -2.36. The van der Waals surface area contributed by atoms with Crippen LogP contribution in [-0.2, 0) is 41.7 Å². The maximum Gasteiger partial charge on any atom is 0.311 e. The van der Waals surface area contributed by atoms with Crippen molar-refractivity contribution in [2.24, 2.45) is 5.41 Å². The minimum atomic E-state index is -0.900. The maximum absolute atomic E-state index is 12.4. The van der Waals surface area contributed by atoms with Crippen molar-refractivity contribution in [3.63, 3.8) is 0 Å². The highest BCUT2D eigenvalue weighted by atomic mass is 16.7. The molecule has 0 N–H and O–H groups in total. The number of carbonyl (C=O) groups excluding carboxylic acids is 1. The Kier molecular flexibility index (Phi) is 11.0. The molecule has 182 valence electrons. The van der Waals surface area contributed by atoms with Crippen molar-refractivity contribution in [3.05, 3.63) is 71.8 Å². The van der Waals surface area contributed by atoms with Crippen LogP contribution < -0.4 is 0 Å². The molecule has 0 amide bonds. The van der Waals surface area contributed by atoms with Gasteiger partial charge in [-0.15, -0.1) is 0 Å². The molecular formula is C27H38O6. The molecule has 0 spiro atoms. The van der Waals surface area contributed by atoms with Crippen molar-refractivity contribution in [1.29, 1.82) is 0 Å². The number of esters is 1. The topological polar surface area (TPSA) is 63.2 Å². The van der Waals surface area contributed by atoms with Gasteiger partial charge >= 0.3 is 5.97 Å². The van der Waals surface area contributed by atoms with Crippen LogP contribution in [0.15, 0.2) is 60.7 Å². The van der Waals surface area contributed by atoms with E-state index in [4.69, 9.17) is 23.7 Å². The van der Waals surface area contributed by atoms with Crippen LogP contribution in [0.25, 0.3) is 0 Å². The van der Waals surface area contributed by atoms with Crippen LogP contribution in [0, 0.1) is 5.41 Å². The van der Waals surface area contributed by atoms with Crippen molar-refractivity contribution >= 4 is 5.97 Å². The third-order valence-electron chi connectivity index (χ3n) is 5.20. The van der Waals surface area contributed by atoms with Gasteiger partial charge in [0.1, 0.15) is 25.8 Å². The molecule has 0 unspecified atom stereocenters. The molecule has 0 aromatic heterocycles. The predicted molar refractivity (Wildman–Crippen MR) is 127 cm³/mol. The van der Waals surface area contributed by atoms with Crippen LogP contribution >= 0.6 is 0 Å². The highest BCUT2D eigenvalue weighted by Gasteiger charge is 2.38. The monoisotopic (exact) mass is 458 g/mol. The summed E-state index contributed by atoms with van der Waals surface area (Å²) in [5.74, 6) is -0.294. The van der Waals surface area contributed by atoms with Gasteiger partial charge in [-0.1, -0.05) is 67.6 Å². The van der Waals surface area contributed by atoms with Gasteiger partial charge in [0, 0.05) is 0 Å². The van der Waals surface area contributed by atoms with Gasteiger partial charge in [-0.2, -0.15) is 0 Å². The van der Waals surface area contributed by atoms with E-state index < -0.39 is 11.0 Å². The van der Waals surface area contributed by atoms with E-state index in [0.29, 0.717) is 19.6 Å². The molecule has 0 aliphatic rings. The minimum Gasteiger partial charge on any atom is -0.462 e. The fourth-order valence-corrected chi connectivity index (χ4v) is 3.15. The molecule has 0 saturated carbocycles. The summed E-state index contributed by atoms with van der Waals surface area (Å²) in [7, 11) is 0. The van der Waals surface area contributed by atoms with Crippen LogP contribution in [0.4, 0.5) is 0 Å². The molecule has 0 aliphatic carbocycles. The second-order valence-corrected chi connectivity index (χ2v) is 9.25. The Morgan fingerprint density at radius 1 is 0.818 bits per heavy atom. The van der Waals surface area contributed by atoms with Crippen molar-refractivity contribution in [2.75, 3.05) is 20.2 Å². The lowest BCUT2D eigenvalue weighted by atomic mass is 9.95. The summed E-state index contributed by atoms with van der Waals surface area (Å²) >= 11 is 0. The van der Waals surface area contributed by atoms with Gasteiger partial charge in [-0.05, 0) is 45.2 Å². The van der Waals surface area contributed by atoms with Gasteiger partial charge in [0.15, 0.2) is 0 Å². The quantitative estimate of drug-likeness (QED) is 0.212. The first kappa shape index (κ1) is 27.0. The summed E-state index contributed by atoms with van der Waals surface area (Å²) < 4.78 is 29.1. The fraction of sp³-hybridized carbons (Fsp3) is 0.519. The first-order chi connectivity index (χ1) is 15.7. The van der Waals surface area contributed by atoms with Gasteiger partial charge in [0.05, 0.1) is 24.7 Å². The maximum atomic E-state index is 12.4. The third kappa shape index (κ3) is 9.64. The van der Waals surface area contributed by atoms with Crippen molar-refractivity contribution in [2.45, 2.75) is 66.0 Å². The number of ether oxygens (including phenoxy) is 5. The van der Waals surface area contributed by atoms with Crippen molar-refractivity contribution in [3.8, 4) is 0 Å². The van der Waals surface area contributed by atoms with E-state index in [1.807, 2.05) is 95.3 Å². The van der Waals surface area contributed by atoms with Crippen LogP contribution in [0.2, 0.25) is 0 Å². The Balaban J connectivity index is 1.93. The largest absolute Gasteiger partial charge is 0.462 e. The van der Waals surface area contributed by atoms with E-state index in [1.54, 1.807) is 0 Å². The fourth-order valence-electron chi connectivity index (χ4n) is 3.15. The van der Waals surface area contributed by atoms with Gasteiger partial charge in [-0.25, -0.2) is 0 Å². The van der Waals surface area contributed by atoms with Crippen LogP contribution in [0.3, 0.4) is 0 Å². The van der Waals surface area contributed by atoms with Crippen LogP contribution in [0.1, 0.15) is 52.2 Å². The molecule has 0 fully saturated rings. The van der Waals surface area contributed by atoms with Gasteiger partial charge in [0.2, 0.25) is 0 Å². The normalized spacial score (nSPS) is 14.5. The second kappa shape index (κ2) is 13.5. The van der Waals surface area contributed by atoms with E-state index >= 15 is 0 Å². The summed E-state index contributed by atoms with van der Waals surface area (Å²) in [5, 5.41) is 0. The standard InChI is InChI=1S/C27H38O6/c1-6-24(32-20-29-17-22-13-9-7-10-14-22)27(5,19-31-25(28)26(2,3)4)33-21-30-18-23-15-11-8-12-16-23/h7-16,24H,6,17-21H2,1-5H3/t24-,27+/m1/s1. The lowest BCUT2D eigenvalue weighted by Crippen LogP contribution is -2.49. The van der Waals surface area contributed by atoms with E-state index in [0.717, 1.165) is 11.1 Å². The molecule has 0 saturated heterocycles. The molecule has 0 aliphatic heterocycles. The summed E-state index contributed by atoms with van der Waals surface area (Å²) in [6, 6.07) is 19.8. The number of carbonyl (C=O) groups is 1. The van der Waals surface area contributed by atoms with Crippen molar-refractivity contribution < 1.29 is 28.5 Å². The smallest absolute Gasteiger partial charge is 0.311 e. The SMILES string of the molecule is CC[C@@H](OCOCc1ccccc1)[C@](C)(COC(=O)C(C)(C)C)OCOCc1ccccc1. The molecule has 0 bridgehead atoms. The Labute approximate surface area is 198 Å². The van der Waals surface area contributed by atoms with E-state index in [9.17, 15) is 4.79 Å². The summed E-state index contributed by atoms with van der Waals surface area (Å²) in [6.45, 7) is 10.4. The van der Waals surface area contributed by atoms with Crippen molar-refractivity contribution in [1.82, 2.24) is 0 Å². The van der Waals surface area contributed by atoms with Crippen LogP contribution in [0.5, 0.6) is 0 Å². The van der Waals surface area contributed by atoms with Gasteiger partial charge in [0.25, 0.3) is 0 Å². The van der Waals surface area contributed by atoms with Crippen LogP contribution in [-0.4, -0.2) is 37.9 Å². The molecule has 2 atom stereocenters. The molecule has 33 heavy (non-hydrogen) atoms. The Bertz CT molecular complexity index is 802. The highest BCUT2D eigenvalue weighted by molar-refractivity contribution is 5.75. The molecule has 0 heterocycles. The number of benzene rings is 2. The predicted octanol–water partition coefficient (Wildman–Crippen LogP) is 5.49. The molecule has 2 aromatic rings. The summed E-state index contributed by atoms with van der Waals surface area (Å²) in [5.41, 5.74) is 0.621. The van der Waals surface area contributed by atoms with E-state index in [1.165, 1.54) is 0 Å². The highest BCUT2D eigenvalue weighted by Crippen LogP contribution is 2.25. The zero-order chi connectivity index (χ0) is 24.2. The summed E-state index contributed by atoms with van der Waals surface area (Å²) in [6.07, 6.45) is 0.290. The third-order valence-corrected chi connectivity index (χ3v) is 5.20. The Hall–Kier alpha value is -2.25. The van der Waals surface area contributed by atoms with E-state index in [-0.39, 0.29) is 32.3 Å². The molecular weight excluding hydrogens is 420 g/mol. The molecule has 0 radical (unpaired) electrons. The lowest BCUT2D eigenvalue weighted by molar-refractivity contribution is -0.231. The van der Waals surface area contributed by atoms with Gasteiger partial charge < -0.3 is 23.7 Å². The zero-order valence-electron chi connectivity index (χ0n) is 20.5. The second-order valence-electron chi connectivity index (χ2n) is 9.25. The number of hydrogen-bond acceptors (Lipinski definition) is 6. The molecule has 6 nitrogen and oxygen atoms in total. The number of hydrogen-bond donors (Lipinski definition) is 0. The summed E-state index contributed by atoms with van der Waals surface area (Å²) in [4.78, 5) is 12.4. The van der Waals surface area contributed by atoms with Gasteiger partial charge in [-0.3, -0.25) is 4.79 Å². The van der Waals surface area contributed by atoms with E-state index in [2.05, 4.69) is 0 Å². The zero-order valence-corrected chi connectivity index (χ0v) is 20.5. The molecule has 2 aromatic carbocycles. The first-order valence-corrected chi connectivity index (χ1v) is 11.4. The Morgan fingerprint density at radius 2 is 1.33 bits per heavy atom.